The molecule has 2 fully saturated rings. The summed E-state index contributed by atoms with van der Waals surface area (Å²) in [5.74, 6) is -0.543. The smallest absolute Gasteiger partial charge is 0.375 e. The average molecular weight is 662 g/mol. The molecule has 0 bridgehead atoms. The topological polar surface area (TPSA) is 128 Å². The Labute approximate surface area is 234 Å². The second-order valence-electron chi connectivity index (χ2n) is 7.36. The van der Waals surface area contributed by atoms with Crippen molar-refractivity contribution >= 4 is 22.6 Å². The molecule has 2 aromatic carbocycles. The van der Waals surface area contributed by atoms with Gasteiger partial charge in [0.1, 0.15) is 31.7 Å². The van der Waals surface area contributed by atoms with Gasteiger partial charge >= 0.3 is 29.6 Å². The Balaban J connectivity index is 0.000000288. The Hall–Kier alpha value is 0.150. The molecule has 2 heterocycles. The summed E-state index contributed by atoms with van der Waals surface area (Å²) in [6, 6.07) is 11.6. The number of hydrogen-bond donors (Lipinski definition) is 0. The molecule has 0 aromatic heterocycles. The van der Waals surface area contributed by atoms with Crippen molar-refractivity contribution in [2.24, 2.45) is 0 Å². The molecule has 7 nitrogen and oxygen atoms in total. The van der Waals surface area contributed by atoms with Crippen molar-refractivity contribution in [2.75, 3.05) is 37.9 Å². The molecule has 0 saturated carbocycles. The standard InChI is InChI=1S/C10H10F2O2S.C10H10F2OS.IO4.Na/c11-8-2-1-3-9(4-8)15(13)7-10(12)5-14-6-10;11-8-2-1-3-9(4-8)14-7-10(12)5-13-6-10;2-1(3,4)5;/h1-4H,5-7H2;1-4H,5-7H2;;/q;;-1;+1. The molecule has 2 aliphatic heterocycles. The van der Waals surface area contributed by atoms with Crippen molar-refractivity contribution in [1.29, 1.82) is 0 Å². The number of rotatable bonds is 6. The Kier molecular flexibility index (Phi) is 14.1. The molecule has 15 heteroatoms. The largest absolute Gasteiger partial charge is 1.00 e. The molecule has 2 aliphatic rings. The normalized spacial score (nSPS) is 18.2. The van der Waals surface area contributed by atoms with Gasteiger partial charge in [0.05, 0.1) is 43.0 Å². The molecule has 0 spiro atoms. The molecule has 0 amide bonds. The molecule has 2 aromatic rings. The summed E-state index contributed by atoms with van der Waals surface area (Å²) in [6.07, 6.45) is 0. The first-order valence-electron chi connectivity index (χ1n) is 9.44. The van der Waals surface area contributed by atoms with E-state index in [1.165, 1.54) is 48.2 Å². The zero-order chi connectivity index (χ0) is 25.4. The van der Waals surface area contributed by atoms with E-state index >= 15 is 0 Å². The SMILES string of the molecule is Fc1cccc(SCC2(F)COC2)c1.O=S(CC1(F)COC1)c1cccc(F)c1.[Na+].[O-][I+3]([O-])([O-])[O-]. The maximum atomic E-state index is 13.5. The van der Waals surface area contributed by atoms with Crippen LogP contribution in [0.15, 0.2) is 58.3 Å². The van der Waals surface area contributed by atoms with Crippen LogP contribution in [0.4, 0.5) is 17.6 Å². The molecule has 190 valence electrons. The first-order chi connectivity index (χ1) is 15.8. The van der Waals surface area contributed by atoms with Crippen LogP contribution in [-0.4, -0.2) is 53.5 Å². The zero-order valence-electron chi connectivity index (χ0n) is 18.4. The van der Waals surface area contributed by atoms with Gasteiger partial charge in [-0.05, 0) is 36.4 Å². The Morgan fingerprint density at radius 2 is 1.37 bits per heavy atom. The summed E-state index contributed by atoms with van der Waals surface area (Å²) in [5, 5.41) is 0. The molecular weight excluding hydrogens is 642 g/mol. The van der Waals surface area contributed by atoms with Gasteiger partial charge < -0.3 is 9.47 Å². The first kappa shape index (κ1) is 33.2. The predicted molar refractivity (Wildman–Crippen MR) is 104 cm³/mol. The van der Waals surface area contributed by atoms with Crippen molar-refractivity contribution in [3.05, 3.63) is 60.2 Å². The fourth-order valence-electron chi connectivity index (χ4n) is 2.51. The Bertz CT molecular complexity index is 957. The van der Waals surface area contributed by atoms with Gasteiger partial charge in [-0.2, -0.15) is 0 Å². The second-order valence-corrected chi connectivity index (χ2v) is 12.0. The van der Waals surface area contributed by atoms with Crippen molar-refractivity contribution in [3.8, 4) is 0 Å². The molecule has 2 saturated heterocycles. The fraction of sp³-hybridized carbons (Fsp3) is 0.400. The second kappa shape index (κ2) is 14.9. The Morgan fingerprint density at radius 3 is 1.80 bits per heavy atom. The minimum absolute atomic E-state index is 0. The van der Waals surface area contributed by atoms with Crippen LogP contribution in [-0.2, 0) is 20.3 Å². The maximum Gasteiger partial charge on any atom is 1.00 e. The summed E-state index contributed by atoms with van der Waals surface area (Å²) in [5.41, 5.74) is -2.71. The minimum atomic E-state index is -5.94. The van der Waals surface area contributed by atoms with Crippen molar-refractivity contribution in [3.63, 3.8) is 0 Å². The van der Waals surface area contributed by atoms with Crippen LogP contribution in [0.1, 0.15) is 0 Å². The first-order valence-corrected chi connectivity index (χ1v) is 15.3. The maximum absolute atomic E-state index is 13.5. The summed E-state index contributed by atoms with van der Waals surface area (Å²) >= 11 is -4.62. The monoisotopic (exact) mass is 662 g/mol. The molecule has 0 N–H and O–H groups in total. The van der Waals surface area contributed by atoms with E-state index in [2.05, 4.69) is 0 Å². The fourth-order valence-corrected chi connectivity index (χ4v) is 4.75. The van der Waals surface area contributed by atoms with E-state index in [9.17, 15) is 21.8 Å². The van der Waals surface area contributed by atoms with Gasteiger partial charge in [-0.1, -0.05) is 12.1 Å². The van der Waals surface area contributed by atoms with Crippen LogP contribution >= 0.6 is 11.8 Å². The van der Waals surface area contributed by atoms with Crippen molar-refractivity contribution in [1.82, 2.24) is 0 Å². The summed E-state index contributed by atoms with van der Waals surface area (Å²) in [4.78, 5) is 1.08. The van der Waals surface area contributed by atoms with Crippen LogP contribution in [0.3, 0.4) is 0 Å². The van der Waals surface area contributed by atoms with Gasteiger partial charge in [0.2, 0.25) is 0 Å². The molecule has 35 heavy (non-hydrogen) atoms. The van der Waals surface area contributed by atoms with E-state index < -0.39 is 48.0 Å². The van der Waals surface area contributed by atoms with Gasteiger partial charge in [0, 0.05) is 15.5 Å². The number of alkyl halides is 2. The van der Waals surface area contributed by atoms with E-state index in [1.807, 2.05) is 0 Å². The van der Waals surface area contributed by atoms with Crippen molar-refractivity contribution in [2.45, 2.75) is 21.1 Å². The molecule has 0 radical (unpaired) electrons. The molecule has 4 rings (SSSR count). The number of ether oxygens (including phenoxy) is 2. The third kappa shape index (κ3) is 13.5. The van der Waals surface area contributed by atoms with Crippen molar-refractivity contribution < 1.29 is 94.6 Å². The third-order valence-electron chi connectivity index (χ3n) is 4.19. The Morgan fingerprint density at radius 1 is 0.886 bits per heavy atom. The van der Waals surface area contributed by atoms with Crippen LogP contribution in [0.5, 0.6) is 0 Å². The van der Waals surface area contributed by atoms with E-state index in [1.54, 1.807) is 12.1 Å². The number of halogens is 5. The average Bonchev–Trinajstić information content (AvgIpc) is 2.69. The van der Waals surface area contributed by atoms with Gasteiger partial charge in [0.15, 0.2) is 11.3 Å². The molecule has 1 atom stereocenters. The van der Waals surface area contributed by atoms with Gasteiger partial charge in [-0.15, -0.1) is 11.8 Å². The van der Waals surface area contributed by atoms with E-state index in [4.69, 9.17) is 23.2 Å². The van der Waals surface area contributed by atoms with E-state index in [-0.39, 0.29) is 67.6 Å². The van der Waals surface area contributed by atoms with Crippen LogP contribution in [0.25, 0.3) is 0 Å². The van der Waals surface area contributed by atoms with Gasteiger partial charge in [0.25, 0.3) is 0 Å². The quantitative estimate of drug-likeness (QED) is 0.130. The molecule has 1 unspecified atom stereocenters. The minimum Gasteiger partial charge on any atom is -0.375 e. The summed E-state index contributed by atoms with van der Waals surface area (Å²) < 4.78 is 108. The van der Waals surface area contributed by atoms with Crippen LogP contribution in [0.2, 0.25) is 0 Å². The van der Waals surface area contributed by atoms with Crippen LogP contribution in [0, 0.1) is 11.6 Å². The summed E-state index contributed by atoms with van der Waals surface area (Å²) in [6.45, 7) is 0.284. The number of benzene rings is 2. The predicted octanol–water partition coefficient (Wildman–Crippen LogP) is -6.42. The van der Waals surface area contributed by atoms with Crippen LogP contribution < -0.4 is 63.4 Å². The van der Waals surface area contributed by atoms with Gasteiger partial charge in [-0.3, -0.25) is 18.0 Å². The third-order valence-corrected chi connectivity index (χ3v) is 6.99. The zero-order valence-corrected chi connectivity index (χ0v) is 24.2. The number of thioether (sulfide) groups is 1. The molecular formula is C20H20F4INaO7S2. The van der Waals surface area contributed by atoms with Gasteiger partial charge in [-0.25, -0.2) is 17.6 Å². The number of hydrogen-bond acceptors (Lipinski definition) is 8. The van der Waals surface area contributed by atoms with E-state index in [0.29, 0.717) is 10.6 Å². The molecule has 0 aliphatic carbocycles. The van der Waals surface area contributed by atoms with E-state index in [0.717, 1.165) is 4.90 Å². The summed E-state index contributed by atoms with van der Waals surface area (Å²) in [7, 11) is -1.51.